The van der Waals surface area contributed by atoms with Crippen LogP contribution in [0.1, 0.15) is 32.1 Å². The van der Waals surface area contributed by atoms with Gasteiger partial charge in [0.25, 0.3) is 0 Å². The van der Waals surface area contributed by atoms with Crippen LogP contribution in [-0.2, 0) is 0 Å². The van der Waals surface area contributed by atoms with E-state index in [0.717, 1.165) is 44.0 Å². The molecule has 3 saturated heterocycles. The second-order valence-corrected chi connectivity index (χ2v) is 8.36. The number of halogens is 1. The van der Waals surface area contributed by atoms with Gasteiger partial charge in [0.2, 0.25) is 0 Å². The molecule has 0 radical (unpaired) electrons. The van der Waals surface area contributed by atoms with Crippen LogP contribution in [0.3, 0.4) is 0 Å². The van der Waals surface area contributed by atoms with Crippen molar-refractivity contribution in [3.8, 4) is 0 Å². The van der Waals surface area contributed by atoms with Gasteiger partial charge >= 0.3 is 6.03 Å². The Morgan fingerprint density at radius 3 is 2.77 bits per heavy atom. The van der Waals surface area contributed by atoms with Gasteiger partial charge in [0.15, 0.2) is 0 Å². The standard InChI is InChI=1S/C20H29ClN4O/c21-16-4-6-17(7-5-16)25-11-8-15(14-25)13-22-20(26)23-18-9-12-24-10-2-1-3-19(18)24/h4-7,15,18-19H,1-3,8-14H2,(H2,22,23,26)/t15-,18+,19-/m0/s1. The summed E-state index contributed by atoms with van der Waals surface area (Å²) in [7, 11) is 0. The monoisotopic (exact) mass is 376 g/mol. The number of carbonyl (C=O) groups is 1. The number of urea groups is 1. The van der Waals surface area contributed by atoms with Crippen molar-refractivity contribution >= 4 is 23.3 Å². The number of nitrogens with one attached hydrogen (secondary N) is 2. The summed E-state index contributed by atoms with van der Waals surface area (Å²) in [5, 5.41) is 7.11. The Bertz CT molecular complexity index is 623. The zero-order valence-corrected chi connectivity index (χ0v) is 16.0. The van der Waals surface area contributed by atoms with Gasteiger partial charge in [0, 0.05) is 49.0 Å². The molecule has 0 saturated carbocycles. The number of hydrogen-bond donors (Lipinski definition) is 2. The lowest BCUT2D eigenvalue weighted by Crippen LogP contribution is -2.50. The molecule has 5 nitrogen and oxygen atoms in total. The maximum absolute atomic E-state index is 12.4. The Kier molecular flexibility index (Phi) is 5.55. The molecule has 0 spiro atoms. The summed E-state index contributed by atoms with van der Waals surface area (Å²) >= 11 is 5.97. The fourth-order valence-electron chi connectivity index (χ4n) is 4.76. The van der Waals surface area contributed by atoms with Gasteiger partial charge in [-0.15, -0.1) is 0 Å². The first-order chi connectivity index (χ1) is 12.7. The van der Waals surface area contributed by atoms with Gasteiger partial charge in [0.05, 0.1) is 0 Å². The van der Waals surface area contributed by atoms with Crippen molar-refractivity contribution < 1.29 is 4.79 Å². The fraction of sp³-hybridized carbons (Fsp3) is 0.650. The van der Waals surface area contributed by atoms with Gasteiger partial charge in [0.1, 0.15) is 0 Å². The predicted molar refractivity (Wildman–Crippen MR) is 106 cm³/mol. The van der Waals surface area contributed by atoms with Crippen LogP contribution < -0.4 is 15.5 Å². The quantitative estimate of drug-likeness (QED) is 0.848. The zero-order valence-electron chi connectivity index (χ0n) is 15.3. The molecular weight excluding hydrogens is 348 g/mol. The van der Waals surface area contributed by atoms with Crippen molar-refractivity contribution in [2.75, 3.05) is 37.6 Å². The highest BCUT2D eigenvalue weighted by molar-refractivity contribution is 6.30. The Balaban J connectivity index is 1.21. The smallest absolute Gasteiger partial charge is 0.315 e. The van der Waals surface area contributed by atoms with Crippen LogP contribution in [0.2, 0.25) is 5.02 Å². The first kappa shape index (κ1) is 17.9. The molecule has 26 heavy (non-hydrogen) atoms. The fourth-order valence-corrected chi connectivity index (χ4v) is 4.88. The van der Waals surface area contributed by atoms with Crippen molar-refractivity contribution in [2.45, 2.75) is 44.2 Å². The highest BCUT2D eigenvalue weighted by atomic mass is 35.5. The van der Waals surface area contributed by atoms with E-state index in [-0.39, 0.29) is 6.03 Å². The minimum Gasteiger partial charge on any atom is -0.371 e. The molecule has 4 rings (SSSR count). The number of piperidine rings is 1. The molecule has 0 unspecified atom stereocenters. The number of benzene rings is 1. The summed E-state index contributed by atoms with van der Waals surface area (Å²) < 4.78 is 0. The molecule has 0 bridgehead atoms. The highest BCUT2D eigenvalue weighted by Crippen LogP contribution is 2.27. The summed E-state index contributed by atoms with van der Waals surface area (Å²) in [5.74, 6) is 0.506. The van der Waals surface area contributed by atoms with Crippen molar-refractivity contribution in [1.29, 1.82) is 0 Å². The van der Waals surface area contributed by atoms with Crippen molar-refractivity contribution in [3.05, 3.63) is 29.3 Å². The van der Waals surface area contributed by atoms with Crippen LogP contribution in [0.5, 0.6) is 0 Å². The Labute approximate surface area is 161 Å². The molecular formula is C20H29ClN4O. The van der Waals surface area contributed by atoms with Crippen LogP contribution in [-0.4, -0.2) is 55.7 Å². The van der Waals surface area contributed by atoms with E-state index < -0.39 is 0 Å². The van der Waals surface area contributed by atoms with Gasteiger partial charge in [-0.05, 0) is 62.4 Å². The highest BCUT2D eigenvalue weighted by Gasteiger charge is 2.36. The summed E-state index contributed by atoms with van der Waals surface area (Å²) in [5.41, 5.74) is 1.21. The van der Waals surface area contributed by atoms with Crippen LogP contribution in [0.4, 0.5) is 10.5 Å². The molecule has 142 valence electrons. The molecule has 3 atom stereocenters. The van der Waals surface area contributed by atoms with E-state index in [2.05, 4.69) is 32.6 Å². The third-order valence-electron chi connectivity index (χ3n) is 6.20. The zero-order chi connectivity index (χ0) is 17.9. The third-order valence-corrected chi connectivity index (χ3v) is 6.45. The van der Waals surface area contributed by atoms with Crippen LogP contribution in [0, 0.1) is 5.92 Å². The van der Waals surface area contributed by atoms with Crippen molar-refractivity contribution in [3.63, 3.8) is 0 Å². The van der Waals surface area contributed by atoms with Crippen molar-refractivity contribution in [1.82, 2.24) is 15.5 Å². The number of fused-ring (bicyclic) bond motifs is 1. The molecule has 2 N–H and O–H groups in total. The van der Waals surface area contributed by atoms with Crippen molar-refractivity contribution in [2.24, 2.45) is 5.92 Å². The Morgan fingerprint density at radius 1 is 1.08 bits per heavy atom. The minimum absolute atomic E-state index is 0.00682. The van der Waals surface area contributed by atoms with E-state index in [1.54, 1.807) is 0 Å². The van der Waals surface area contributed by atoms with E-state index in [1.165, 1.54) is 31.5 Å². The average molecular weight is 377 g/mol. The Morgan fingerprint density at radius 2 is 1.92 bits per heavy atom. The van der Waals surface area contributed by atoms with Gasteiger partial charge in [-0.1, -0.05) is 18.0 Å². The maximum Gasteiger partial charge on any atom is 0.315 e. The molecule has 3 heterocycles. The largest absolute Gasteiger partial charge is 0.371 e. The predicted octanol–water partition coefficient (Wildman–Crippen LogP) is 3.09. The van der Waals surface area contributed by atoms with Crippen LogP contribution >= 0.6 is 11.6 Å². The summed E-state index contributed by atoms with van der Waals surface area (Å²) in [6, 6.07) is 8.90. The first-order valence-corrected chi connectivity index (χ1v) is 10.4. The number of amides is 2. The van der Waals surface area contributed by atoms with Gasteiger partial charge in [-0.25, -0.2) is 4.79 Å². The number of nitrogens with zero attached hydrogens (tertiary/aromatic N) is 2. The maximum atomic E-state index is 12.4. The van der Waals surface area contributed by atoms with E-state index in [0.29, 0.717) is 18.0 Å². The molecule has 6 heteroatoms. The SMILES string of the molecule is O=C(NC[C@@H]1CCN(c2ccc(Cl)cc2)C1)N[C@@H]1CCN2CCCC[C@@H]12. The average Bonchev–Trinajstić information content (AvgIpc) is 3.28. The van der Waals surface area contributed by atoms with Crippen LogP contribution in [0.25, 0.3) is 0 Å². The lowest BCUT2D eigenvalue weighted by Gasteiger charge is -2.32. The van der Waals surface area contributed by atoms with Gasteiger partial charge in [-0.2, -0.15) is 0 Å². The summed E-state index contributed by atoms with van der Waals surface area (Å²) in [6.07, 6.45) is 6.03. The second-order valence-electron chi connectivity index (χ2n) is 7.93. The molecule has 1 aromatic rings. The van der Waals surface area contributed by atoms with Gasteiger partial charge in [-0.3, -0.25) is 4.90 Å². The molecule has 0 aromatic heterocycles. The number of anilines is 1. The van der Waals surface area contributed by atoms with E-state index in [1.807, 2.05) is 12.1 Å². The third kappa shape index (κ3) is 4.09. The number of hydrogen-bond acceptors (Lipinski definition) is 3. The Hall–Kier alpha value is -1.46. The summed E-state index contributed by atoms with van der Waals surface area (Å²) in [4.78, 5) is 17.3. The molecule has 0 aliphatic carbocycles. The topological polar surface area (TPSA) is 47.6 Å². The molecule has 1 aromatic carbocycles. The molecule has 3 aliphatic rings. The first-order valence-electron chi connectivity index (χ1n) is 9.98. The van der Waals surface area contributed by atoms with E-state index in [4.69, 9.17) is 11.6 Å². The van der Waals surface area contributed by atoms with Gasteiger partial charge < -0.3 is 15.5 Å². The second kappa shape index (κ2) is 8.05. The molecule has 3 fully saturated rings. The van der Waals surface area contributed by atoms with Crippen LogP contribution in [0.15, 0.2) is 24.3 Å². The number of carbonyl (C=O) groups excluding carboxylic acids is 1. The minimum atomic E-state index is 0.00682. The lowest BCUT2D eigenvalue weighted by molar-refractivity contribution is 0.178. The normalized spacial score (nSPS) is 28.8. The number of rotatable bonds is 4. The van der Waals surface area contributed by atoms with E-state index >= 15 is 0 Å². The van der Waals surface area contributed by atoms with E-state index in [9.17, 15) is 4.79 Å². The lowest BCUT2D eigenvalue weighted by atomic mass is 9.99. The molecule has 2 amide bonds. The molecule has 3 aliphatic heterocycles. The summed E-state index contributed by atoms with van der Waals surface area (Å²) in [6.45, 7) is 5.11.